The van der Waals surface area contributed by atoms with Crippen LogP contribution in [0.4, 0.5) is 4.79 Å². The first-order valence-electron chi connectivity index (χ1n) is 6.59. The van der Waals surface area contributed by atoms with Crippen LogP contribution < -0.4 is 11.1 Å². The van der Waals surface area contributed by atoms with Crippen LogP contribution >= 0.6 is 11.6 Å². The van der Waals surface area contributed by atoms with E-state index in [9.17, 15) is 9.59 Å². The van der Waals surface area contributed by atoms with Gasteiger partial charge < -0.3 is 15.6 Å². The SMILES string of the molecule is NCCCC[C@](Cl)(NC(=O)OCc1ccccc1)C(=O)O. The number of halogens is 1. The lowest BCUT2D eigenvalue weighted by Gasteiger charge is -2.23. The number of hydrogen-bond acceptors (Lipinski definition) is 4. The average molecular weight is 315 g/mol. The predicted molar refractivity (Wildman–Crippen MR) is 78.9 cm³/mol. The van der Waals surface area contributed by atoms with E-state index in [-0.39, 0.29) is 13.0 Å². The second kappa shape index (κ2) is 8.49. The summed E-state index contributed by atoms with van der Waals surface area (Å²) in [6, 6.07) is 9.05. The molecule has 0 bridgehead atoms. The Kier molecular flexibility index (Phi) is 6.98. The topological polar surface area (TPSA) is 102 Å². The number of nitrogens with two attached hydrogens (primary N) is 1. The van der Waals surface area contributed by atoms with Gasteiger partial charge in [0, 0.05) is 0 Å². The van der Waals surface area contributed by atoms with Crippen LogP contribution in [0.15, 0.2) is 30.3 Å². The zero-order valence-electron chi connectivity index (χ0n) is 11.5. The zero-order chi connectivity index (χ0) is 15.7. The van der Waals surface area contributed by atoms with Gasteiger partial charge in [-0.05, 0) is 31.4 Å². The number of carboxylic acid groups (broad SMARTS) is 1. The fourth-order valence-corrected chi connectivity index (χ4v) is 1.87. The van der Waals surface area contributed by atoms with Gasteiger partial charge in [-0.15, -0.1) is 0 Å². The van der Waals surface area contributed by atoms with Crippen molar-refractivity contribution in [2.75, 3.05) is 6.54 Å². The van der Waals surface area contributed by atoms with Gasteiger partial charge >= 0.3 is 12.1 Å². The van der Waals surface area contributed by atoms with Gasteiger partial charge in [0.05, 0.1) is 0 Å². The Labute approximate surface area is 128 Å². The third kappa shape index (κ3) is 6.01. The predicted octanol–water partition coefficient (Wildman–Crippen LogP) is 2.06. The number of aliphatic carboxylic acids is 1. The summed E-state index contributed by atoms with van der Waals surface area (Å²) in [5, 5.41) is 11.3. The first kappa shape index (κ1) is 17.3. The van der Waals surface area contributed by atoms with Gasteiger partial charge in [-0.25, -0.2) is 9.59 Å². The maximum absolute atomic E-state index is 11.7. The molecule has 1 rings (SSSR count). The second-order valence-electron chi connectivity index (χ2n) is 4.54. The number of nitrogens with one attached hydrogen (secondary N) is 1. The number of carbonyl (C=O) groups excluding carboxylic acids is 1. The van der Waals surface area contributed by atoms with Gasteiger partial charge in [0.15, 0.2) is 0 Å². The quantitative estimate of drug-likeness (QED) is 0.387. The molecular formula is C14H19ClN2O4. The van der Waals surface area contributed by atoms with Crippen LogP contribution in [-0.2, 0) is 16.1 Å². The summed E-state index contributed by atoms with van der Waals surface area (Å²) in [6.45, 7) is 0.479. The first-order valence-corrected chi connectivity index (χ1v) is 6.97. The minimum Gasteiger partial charge on any atom is -0.479 e. The molecule has 0 radical (unpaired) electrons. The highest BCUT2D eigenvalue weighted by atomic mass is 35.5. The lowest BCUT2D eigenvalue weighted by molar-refractivity contribution is -0.141. The smallest absolute Gasteiger partial charge is 0.409 e. The summed E-state index contributed by atoms with van der Waals surface area (Å²) in [7, 11) is 0. The number of ether oxygens (including phenoxy) is 1. The minimum absolute atomic E-state index is 0.0437. The van der Waals surface area contributed by atoms with Crippen LogP contribution in [0, 0.1) is 0 Å². The molecule has 0 aliphatic heterocycles. The molecule has 0 fully saturated rings. The third-order valence-corrected chi connectivity index (χ3v) is 3.27. The Balaban J connectivity index is 2.50. The number of hydrogen-bond donors (Lipinski definition) is 3. The van der Waals surface area contributed by atoms with Gasteiger partial charge in [-0.1, -0.05) is 41.9 Å². The van der Waals surface area contributed by atoms with E-state index in [0.717, 1.165) is 5.56 Å². The molecule has 0 spiro atoms. The molecule has 1 atom stereocenters. The fourth-order valence-electron chi connectivity index (χ4n) is 1.66. The molecule has 1 amide bonds. The van der Waals surface area contributed by atoms with E-state index >= 15 is 0 Å². The number of alkyl carbamates (subject to hydrolysis) is 1. The maximum atomic E-state index is 11.7. The van der Waals surface area contributed by atoms with E-state index in [1.807, 2.05) is 18.2 Å². The number of amides is 1. The van der Waals surface area contributed by atoms with Gasteiger partial charge in [0.1, 0.15) is 6.61 Å². The first-order chi connectivity index (χ1) is 9.98. The van der Waals surface area contributed by atoms with Gasteiger partial charge in [0.2, 0.25) is 5.00 Å². The third-order valence-electron chi connectivity index (χ3n) is 2.83. The van der Waals surface area contributed by atoms with Crippen molar-refractivity contribution in [1.82, 2.24) is 5.32 Å². The van der Waals surface area contributed by atoms with Crippen LogP contribution in [-0.4, -0.2) is 28.7 Å². The molecule has 21 heavy (non-hydrogen) atoms. The van der Waals surface area contributed by atoms with E-state index in [1.54, 1.807) is 12.1 Å². The summed E-state index contributed by atoms with van der Waals surface area (Å²) in [4.78, 5) is 21.0. The Morgan fingerprint density at radius 1 is 1.29 bits per heavy atom. The van der Waals surface area contributed by atoms with Crippen molar-refractivity contribution in [2.45, 2.75) is 30.9 Å². The summed E-state index contributed by atoms with van der Waals surface area (Å²) in [6.07, 6.45) is 0.318. The van der Waals surface area contributed by atoms with Crippen molar-refractivity contribution in [3.8, 4) is 0 Å². The molecule has 1 aromatic rings. The number of alkyl halides is 1. The standard InChI is InChI=1S/C14H19ClN2O4/c15-14(12(18)19,8-4-5-9-16)17-13(20)21-10-11-6-2-1-3-7-11/h1-3,6-7H,4-5,8-10,16H2,(H,17,20)(H,18,19)/t14-/m0/s1. The Hall–Kier alpha value is -1.79. The Morgan fingerprint density at radius 2 is 1.95 bits per heavy atom. The summed E-state index contributed by atoms with van der Waals surface area (Å²) in [5.74, 6) is -1.32. The highest BCUT2D eigenvalue weighted by molar-refractivity contribution is 6.34. The largest absolute Gasteiger partial charge is 0.479 e. The van der Waals surface area contributed by atoms with Gasteiger partial charge in [-0.2, -0.15) is 0 Å². The molecule has 6 nitrogen and oxygen atoms in total. The van der Waals surface area contributed by atoms with Crippen LogP contribution in [0.1, 0.15) is 24.8 Å². The number of carboxylic acids is 1. The molecule has 0 aromatic heterocycles. The van der Waals surface area contributed by atoms with Crippen LogP contribution in [0.25, 0.3) is 0 Å². The monoisotopic (exact) mass is 314 g/mol. The summed E-state index contributed by atoms with van der Waals surface area (Å²) < 4.78 is 4.96. The van der Waals surface area contributed by atoms with Crippen molar-refractivity contribution in [1.29, 1.82) is 0 Å². The highest BCUT2D eigenvalue weighted by Crippen LogP contribution is 2.20. The van der Waals surface area contributed by atoms with Crippen LogP contribution in [0.3, 0.4) is 0 Å². The zero-order valence-corrected chi connectivity index (χ0v) is 12.3. The average Bonchev–Trinajstić information content (AvgIpc) is 2.46. The van der Waals surface area contributed by atoms with E-state index in [2.05, 4.69) is 5.32 Å². The summed E-state index contributed by atoms with van der Waals surface area (Å²) in [5.41, 5.74) is 6.14. The molecule has 0 unspecified atom stereocenters. The molecule has 0 aliphatic rings. The van der Waals surface area contributed by atoms with E-state index in [1.165, 1.54) is 0 Å². The van der Waals surface area contributed by atoms with E-state index < -0.39 is 17.1 Å². The number of unbranched alkanes of at least 4 members (excludes halogenated alkanes) is 1. The highest BCUT2D eigenvalue weighted by Gasteiger charge is 2.37. The number of carbonyl (C=O) groups is 2. The van der Waals surface area contributed by atoms with Crippen molar-refractivity contribution in [3.63, 3.8) is 0 Å². The summed E-state index contributed by atoms with van der Waals surface area (Å²) >= 11 is 5.93. The molecule has 4 N–H and O–H groups in total. The van der Waals surface area contributed by atoms with Crippen molar-refractivity contribution >= 4 is 23.7 Å². The van der Waals surface area contributed by atoms with Crippen LogP contribution in [0.2, 0.25) is 0 Å². The molecule has 0 saturated carbocycles. The lowest BCUT2D eigenvalue weighted by atomic mass is 10.1. The van der Waals surface area contributed by atoms with Crippen molar-refractivity contribution in [3.05, 3.63) is 35.9 Å². The Morgan fingerprint density at radius 3 is 2.52 bits per heavy atom. The van der Waals surface area contributed by atoms with Crippen molar-refractivity contribution in [2.24, 2.45) is 5.73 Å². The molecule has 116 valence electrons. The van der Waals surface area contributed by atoms with Gasteiger partial charge in [-0.3, -0.25) is 5.32 Å². The molecule has 0 aliphatic carbocycles. The fraction of sp³-hybridized carbons (Fsp3) is 0.429. The number of rotatable bonds is 8. The minimum atomic E-state index is -1.87. The van der Waals surface area contributed by atoms with E-state index in [0.29, 0.717) is 19.4 Å². The molecule has 0 heterocycles. The molecule has 0 saturated heterocycles. The molecule has 7 heteroatoms. The van der Waals surface area contributed by atoms with Gasteiger partial charge in [0.25, 0.3) is 0 Å². The molecular weight excluding hydrogens is 296 g/mol. The lowest BCUT2D eigenvalue weighted by Crippen LogP contribution is -2.50. The maximum Gasteiger partial charge on any atom is 0.409 e. The van der Waals surface area contributed by atoms with Crippen molar-refractivity contribution < 1.29 is 19.4 Å². The molecule has 1 aromatic carbocycles. The van der Waals surface area contributed by atoms with E-state index in [4.69, 9.17) is 27.2 Å². The number of benzene rings is 1. The normalized spacial score (nSPS) is 13.2. The Bertz CT molecular complexity index is 469. The second-order valence-corrected chi connectivity index (χ2v) is 5.18. The van der Waals surface area contributed by atoms with Crippen LogP contribution in [0.5, 0.6) is 0 Å².